The minimum absolute atomic E-state index is 0.0177. The second-order valence-electron chi connectivity index (χ2n) is 6.82. The number of nitrogens with zero attached hydrogens (tertiary/aromatic N) is 3. The number of hydrogen-bond donors (Lipinski definition) is 1. The van der Waals surface area contributed by atoms with Gasteiger partial charge in [0.1, 0.15) is 4.88 Å². The highest BCUT2D eigenvalue weighted by Crippen LogP contribution is 2.29. The Morgan fingerprint density at radius 1 is 1.22 bits per heavy atom. The van der Waals surface area contributed by atoms with E-state index < -0.39 is 10.9 Å². The molecule has 9 nitrogen and oxygen atoms in total. The van der Waals surface area contributed by atoms with Crippen molar-refractivity contribution >= 4 is 39.5 Å². The fourth-order valence-corrected chi connectivity index (χ4v) is 4.24. The zero-order chi connectivity index (χ0) is 22.8. The van der Waals surface area contributed by atoms with Gasteiger partial charge in [-0.15, -0.1) is 0 Å². The molecule has 1 N–H and O–H groups in total. The SMILES string of the molecule is CCOC(=O)c1ccccc1NC(=O)c1sc2nc(-c3cccc([N+](=O)[O-])c3)cn2c1C. The van der Waals surface area contributed by atoms with Crippen LogP contribution in [-0.4, -0.2) is 32.8 Å². The fourth-order valence-electron chi connectivity index (χ4n) is 3.24. The van der Waals surface area contributed by atoms with Crippen molar-refractivity contribution < 1.29 is 19.2 Å². The summed E-state index contributed by atoms with van der Waals surface area (Å²) in [5.41, 5.74) is 2.47. The number of nitro groups is 1. The number of hydrogen-bond acceptors (Lipinski definition) is 7. The quantitative estimate of drug-likeness (QED) is 0.258. The van der Waals surface area contributed by atoms with Crippen LogP contribution >= 0.6 is 11.3 Å². The molecule has 2 aromatic heterocycles. The Labute approximate surface area is 186 Å². The highest BCUT2D eigenvalue weighted by Gasteiger charge is 2.21. The average Bonchev–Trinajstić information content (AvgIpc) is 3.34. The number of aryl methyl sites for hydroxylation is 1. The molecular weight excluding hydrogens is 432 g/mol. The molecule has 162 valence electrons. The number of aromatic nitrogens is 2. The monoisotopic (exact) mass is 450 g/mol. The molecule has 0 saturated heterocycles. The highest BCUT2D eigenvalue weighted by molar-refractivity contribution is 7.19. The number of benzene rings is 2. The molecule has 1 amide bonds. The van der Waals surface area contributed by atoms with Crippen LogP contribution < -0.4 is 5.32 Å². The van der Waals surface area contributed by atoms with Crippen molar-refractivity contribution in [3.05, 3.63) is 81.0 Å². The molecule has 4 rings (SSSR count). The van der Waals surface area contributed by atoms with Gasteiger partial charge in [0.25, 0.3) is 11.6 Å². The summed E-state index contributed by atoms with van der Waals surface area (Å²) < 4.78 is 6.82. The summed E-state index contributed by atoms with van der Waals surface area (Å²) in [6.45, 7) is 3.73. The van der Waals surface area contributed by atoms with E-state index in [0.717, 1.165) is 0 Å². The first-order valence-corrected chi connectivity index (χ1v) is 10.5. The van der Waals surface area contributed by atoms with Crippen molar-refractivity contribution in [3.8, 4) is 11.3 Å². The summed E-state index contributed by atoms with van der Waals surface area (Å²) in [7, 11) is 0. The lowest BCUT2D eigenvalue weighted by Crippen LogP contribution is -2.16. The lowest BCUT2D eigenvalue weighted by Gasteiger charge is -2.10. The van der Waals surface area contributed by atoms with Crippen molar-refractivity contribution in [1.29, 1.82) is 0 Å². The number of fused-ring (bicyclic) bond motifs is 1. The maximum Gasteiger partial charge on any atom is 0.340 e. The van der Waals surface area contributed by atoms with Crippen LogP contribution in [0, 0.1) is 17.0 Å². The van der Waals surface area contributed by atoms with E-state index in [4.69, 9.17) is 4.74 Å². The van der Waals surface area contributed by atoms with Crippen LogP contribution in [-0.2, 0) is 4.74 Å². The summed E-state index contributed by atoms with van der Waals surface area (Å²) in [6, 6.07) is 12.9. The van der Waals surface area contributed by atoms with Crippen LogP contribution in [0.5, 0.6) is 0 Å². The number of esters is 1. The highest BCUT2D eigenvalue weighted by atomic mass is 32.1. The van der Waals surface area contributed by atoms with Crippen molar-refractivity contribution in [1.82, 2.24) is 9.38 Å². The topological polar surface area (TPSA) is 116 Å². The maximum atomic E-state index is 12.9. The maximum absolute atomic E-state index is 12.9. The number of carbonyl (C=O) groups is 2. The minimum Gasteiger partial charge on any atom is -0.462 e. The van der Waals surface area contributed by atoms with Gasteiger partial charge < -0.3 is 10.1 Å². The number of nitro benzene ring substituents is 1. The lowest BCUT2D eigenvalue weighted by molar-refractivity contribution is -0.384. The Hall–Kier alpha value is -4.05. The number of ether oxygens (including phenoxy) is 1. The number of amides is 1. The van der Waals surface area contributed by atoms with Crippen LogP contribution in [0.25, 0.3) is 16.2 Å². The summed E-state index contributed by atoms with van der Waals surface area (Å²) in [4.78, 5) is 41.2. The third kappa shape index (κ3) is 3.95. The number of rotatable bonds is 6. The van der Waals surface area contributed by atoms with Crippen LogP contribution in [0.2, 0.25) is 0 Å². The van der Waals surface area contributed by atoms with Crippen LogP contribution in [0.3, 0.4) is 0 Å². The third-order valence-electron chi connectivity index (χ3n) is 4.79. The molecule has 0 saturated carbocycles. The van der Waals surface area contributed by atoms with Crippen LogP contribution in [0.15, 0.2) is 54.7 Å². The van der Waals surface area contributed by atoms with Gasteiger partial charge in [0, 0.05) is 29.6 Å². The van der Waals surface area contributed by atoms with Gasteiger partial charge in [0.15, 0.2) is 4.96 Å². The van der Waals surface area contributed by atoms with E-state index in [1.165, 1.54) is 23.5 Å². The first-order valence-electron chi connectivity index (χ1n) is 9.70. The van der Waals surface area contributed by atoms with Gasteiger partial charge in [0.2, 0.25) is 0 Å². The van der Waals surface area contributed by atoms with Crippen molar-refractivity contribution in [2.24, 2.45) is 0 Å². The van der Waals surface area contributed by atoms with Gasteiger partial charge in [-0.3, -0.25) is 19.3 Å². The Bertz CT molecular complexity index is 1360. The van der Waals surface area contributed by atoms with Crippen LogP contribution in [0.4, 0.5) is 11.4 Å². The first-order chi connectivity index (χ1) is 15.4. The molecule has 0 fully saturated rings. The van der Waals surface area contributed by atoms with Gasteiger partial charge >= 0.3 is 5.97 Å². The van der Waals surface area contributed by atoms with Gasteiger partial charge in [0.05, 0.1) is 28.5 Å². The number of nitrogens with one attached hydrogen (secondary N) is 1. The second-order valence-corrected chi connectivity index (χ2v) is 7.80. The van der Waals surface area contributed by atoms with E-state index in [0.29, 0.717) is 32.5 Å². The zero-order valence-corrected chi connectivity index (χ0v) is 18.0. The number of carbonyl (C=O) groups excluding carboxylic acids is 2. The number of anilines is 1. The molecule has 0 aliphatic carbocycles. The van der Waals surface area contributed by atoms with Gasteiger partial charge in [-0.2, -0.15) is 0 Å². The molecule has 0 aliphatic heterocycles. The van der Waals surface area contributed by atoms with E-state index in [2.05, 4.69) is 10.3 Å². The summed E-state index contributed by atoms with van der Waals surface area (Å²) in [5.74, 6) is -0.880. The predicted octanol–water partition coefficient (Wildman–Crippen LogP) is 4.71. The molecule has 0 unspecified atom stereocenters. The number of para-hydroxylation sites is 1. The molecule has 32 heavy (non-hydrogen) atoms. The van der Waals surface area contributed by atoms with Crippen molar-refractivity contribution in [2.45, 2.75) is 13.8 Å². The second kappa shape index (κ2) is 8.60. The molecule has 0 spiro atoms. The molecule has 2 aromatic carbocycles. The van der Waals surface area contributed by atoms with Crippen molar-refractivity contribution in [2.75, 3.05) is 11.9 Å². The molecule has 10 heteroatoms. The normalized spacial score (nSPS) is 10.8. The van der Waals surface area contributed by atoms with Gasteiger partial charge in [-0.05, 0) is 26.0 Å². The minimum atomic E-state index is -0.511. The zero-order valence-electron chi connectivity index (χ0n) is 17.2. The number of thiazole rings is 1. The molecule has 0 bridgehead atoms. The molecular formula is C22H18N4O5S. The lowest BCUT2D eigenvalue weighted by atomic mass is 10.1. The average molecular weight is 450 g/mol. The molecule has 0 aliphatic rings. The smallest absolute Gasteiger partial charge is 0.340 e. The number of imidazole rings is 1. The summed E-state index contributed by atoms with van der Waals surface area (Å²) >= 11 is 1.19. The predicted molar refractivity (Wildman–Crippen MR) is 120 cm³/mol. The summed E-state index contributed by atoms with van der Waals surface area (Å²) in [6.07, 6.45) is 1.74. The first kappa shape index (κ1) is 21.2. The Morgan fingerprint density at radius 3 is 2.72 bits per heavy atom. The van der Waals surface area contributed by atoms with Gasteiger partial charge in [-0.1, -0.05) is 35.6 Å². The van der Waals surface area contributed by atoms with Crippen LogP contribution in [0.1, 0.15) is 32.6 Å². The largest absolute Gasteiger partial charge is 0.462 e. The molecule has 0 atom stereocenters. The fraction of sp³-hybridized carbons (Fsp3) is 0.136. The Balaban J connectivity index is 1.63. The third-order valence-corrected chi connectivity index (χ3v) is 5.94. The van der Waals surface area contributed by atoms with E-state index in [1.54, 1.807) is 60.8 Å². The molecule has 2 heterocycles. The van der Waals surface area contributed by atoms with E-state index in [-0.39, 0.29) is 23.8 Å². The molecule has 0 radical (unpaired) electrons. The van der Waals surface area contributed by atoms with E-state index >= 15 is 0 Å². The van der Waals surface area contributed by atoms with Gasteiger partial charge in [-0.25, -0.2) is 9.78 Å². The molecule has 4 aromatic rings. The Kier molecular flexibility index (Phi) is 5.69. The van der Waals surface area contributed by atoms with E-state index in [9.17, 15) is 19.7 Å². The van der Waals surface area contributed by atoms with Crippen molar-refractivity contribution in [3.63, 3.8) is 0 Å². The standard InChI is InChI=1S/C22H18N4O5S/c1-3-31-21(28)16-9-4-5-10-17(16)23-20(27)19-13(2)25-12-18(24-22(25)32-19)14-7-6-8-15(11-14)26(29)30/h4-12H,3H2,1-2H3,(H,23,27). The Morgan fingerprint density at radius 2 is 2.00 bits per heavy atom. The van der Waals surface area contributed by atoms with E-state index in [1.807, 2.05) is 0 Å². The summed E-state index contributed by atoms with van der Waals surface area (Å²) in [5, 5.41) is 13.8. The number of non-ortho nitro benzene ring substituents is 1.